The fraction of sp³-hybridized carbons (Fsp3) is 0.500. The highest BCUT2D eigenvalue weighted by Gasteiger charge is 2.31. The summed E-state index contributed by atoms with van der Waals surface area (Å²) in [6, 6.07) is 1.97. The number of fused-ring (bicyclic) bond motifs is 1. The maximum Gasteiger partial charge on any atom is 0.255 e. The standard InChI is InChI=1S/C18H22N6O2/c1-12-16(9-19-11-21-12)17(25)20-8-14-7-15-10-23(5-6-24(15)22-14)18(26)13-3-2-4-13/h7,9,11,13H,2-6,8,10H2,1H3,(H,20,25). The van der Waals surface area contributed by atoms with Crippen LogP contribution in [0.15, 0.2) is 18.6 Å². The fourth-order valence-electron chi connectivity index (χ4n) is 3.39. The van der Waals surface area contributed by atoms with Crippen LogP contribution in [0.5, 0.6) is 0 Å². The van der Waals surface area contributed by atoms with Gasteiger partial charge in [0.15, 0.2) is 0 Å². The van der Waals surface area contributed by atoms with Crippen molar-refractivity contribution >= 4 is 11.8 Å². The van der Waals surface area contributed by atoms with Crippen LogP contribution in [0.3, 0.4) is 0 Å². The van der Waals surface area contributed by atoms with Gasteiger partial charge in [0.2, 0.25) is 5.91 Å². The van der Waals surface area contributed by atoms with E-state index in [1.54, 1.807) is 6.92 Å². The zero-order chi connectivity index (χ0) is 18.1. The van der Waals surface area contributed by atoms with Gasteiger partial charge in [0.25, 0.3) is 5.91 Å². The molecule has 3 heterocycles. The van der Waals surface area contributed by atoms with Gasteiger partial charge in [-0.15, -0.1) is 0 Å². The zero-order valence-electron chi connectivity index (χ0n) is 14.8. The van der Waals surface area contributed by atoms with Gasteiger partial charge in [-0.05, 0) is 25.8 Å². The van der Waals surface area contributed by atoms with Crippen LogP contribution < -0.4 is 5.32 Å². The third-order valence-electron chi connectivity index (χ3n) is 5.20. The van der Waals surface area contributed by atoms with Gasteiger partial charge in [0, 0.05) is 18.7 Å². The van der Waals surface area contributed by atoms with E-state index < -0.39 is 0 Å². The van der Waals surface area contributed by atoms with Crippen molar-refractivity contribution in [3.63, 3.8) is 0 Å². The van der Waals surface area contributed by atoms with Crippen molar-refractivity contribution in [1.82, 2.24) is 30.0 Å². The normalized spacial score (nSPS) is 16.7. The van der Waals surface area contributed by atoms with Crippen LogP contribution in [-0.4, -0.2) is 43.0 Å². The van der Waals surface area contributed by atoms with Crippen molar-refractivity contribution < 1.29 is 9.59 Å². The summed E-state index contributed by atoms with van der Waals surface area (Å²) in [7, 11) is 0. The summed E-state index contributed by atoms with van der Waals surface area (Å²) in [5.74, 6) is 0.286. The van der Waals surface area contributed by atoms with Crippen LogP contribution in [0, 0.1) is 12.8 Å². The summed E-state index contributed by atoms with van der Waals surface area (Å²) in [5, 5.41) is 7.40. The monoisotopic (exact) mass is 354 g/mol. The second kappa shape index (κ2) is 6.86. The average Bonchev–Trinajstić information content (AvgIpc) is 3.00. The van der Waals surface area contributed by atoms with Gasteiger partial charge in [-0.25, -0.2) is 9.97 Å². The second-order valence-corrected chi connectivity index (χ2v) is 6.94. The molecule has 0 bridgehead atoms. The summed E-state index contributed by atoms with van der Waals surface area (Å²) < 4.78 is 1.93. The minimum absolute atomic E-state index is 0.212. The molecule has 1 N–H and O–H groups in total. The summed E-state index contributed by atoms with van der Waals surface area (Å²) >= 11 is 0. The molecule has 2 amide bonds. The third kappa shape index (κ3) is 3.18. The molecule has 0 spiro atoms. The zero-order valence-corrected chi connectivity index (χ0v) is 14.8. The Labute approximate surface area is 151 Å². The largest absolute Gasteiger partial charge is 0.346 e. The number of carbonyl (C=O) groups is 2. The lowest BCUT2D eigenvalue weighted by atomic mass is 9.84. The van der Waals surface area contributed by atoms with Gasteiger partial charge < -0.3 is 10.2 Å². The van der Waals surface area contributed by atoms with Crippen LogP contribution in [0.2, 0.25) is 0 Å². The maximum absolute atomic E-state index is 12.4. The first-order chi connectivity index (χ1) is 12.6. The minimum atomic E-state index is -0.212. The number of amides is 2. The summed E-state index contributed by atoms with van der Waals surface area (Å²) in [4.78, 5) is 34.6. The molecular weight excluding hydrogens is 332 g/mol. The van der Waals surface area contributed by atoms with E-state index in [9.17, 15) is 9.59 Å². The predicted octanol–water partition coefficient (Wildman–Crippen LogP) is 1.05. The Morgan fingerprint density at radius 1 is 1.31 bits per heavy atom. The van der Waals surface area contributed by atoms with E-state index >= 15 is 0 Å². The van der Waals surface area contributed by atoms with Crippen LogP contribution in [-0.2, 0) is 24.4 Å². The Kier molecular flexibility index (Phi) is 4.40. The molecule has 0 radical (unpaired) electrons. The van der Waals surface area contributed by atoms with E-state index in [1.165, 1.54) is 12.5 Å². The van der Waals surface area contributed by atoms with E-state index in [4.69, 9.17) is 0 Å². The summed E-state index contributed by atoms with van der Waals surface area (Å²) in [5.41, 5.74) is 2.92. The Hall–Kier alpha value is -2.77. The first-order valence-corrected chi connectivity index (χ1v) is 9.01. The lowest BCUT2D eigenvalue weighted by Crippen LogP contribution is -2.43. The molecule has 0 saturated heterocycles. The Morgan fingerprint density at radius 2 is 2.15 bits per heavy atom. The quantitative estimate of drug-likeness (QED) is 0.886. The Bertz CT molecular complexity index is 842. The molecule has 4 rings (SSSR count). The number of aryl methyl sites for hydroxylation is 1. The third-order valence-corrected chi connectivity index (χ3v) is 5.20. The van der Waals surface area contributed by atoms with Crippen molar-refractivity contribution in [2.45, 2.75) is 45.8 Å². The molecular formula is C18H22N6O2. The van der Waals surface area contributed by atoms with Crippen molar-refractivity contribution in [1.29, 1.82) is 0 Å². The van der Waals surface area contributed by atoms with Crippen molar-refractivity contribution in [3.8, 4) is 0 Å². The molecule has 0 aromatic carbocycles. The molecule has 136 valence electrons. The van der Waals surface area contributed by atoms with E-state index in [-0.39, 0.29) is 17.7 Å². The number of carbonyl (C=O) groups excluding carboxylic acids is 2. The van der Waals surface area contributed by atoms with Crippen molar-refractivity contribution in [2.75, 3.05) is 6.54 Å². The van der Waals surface area contributed by atoms with Crippen molar-refractivity contribution in [2.24, 2.45) is 5.92 Å². The van der Waals surface area contributed by atoms with E-state index in [0.717, 1.165) is 30.7 Å². The van der Waals surface area contributed by atoms with Crippen LogP contribution >= 0.6 is 0 Å². The van der Waals surface area contributed by atoms with E-state index in [2.05, 4.69) is 20.4 Å². The van der Waals surface area contributed by atoms with Gasteiger partial charge in [-0.2, -0.15) is 5.10 Å². The molecule has 26 heavy (non-hydrogen) atoms. The number of hydrogen-bond donors (Lipinski definition) is 1. The number of nitrogens with zero attached hydrogens (tertiary/aromatic N) is 5. The molecule has 2 aromatic heterocycles. The first kappa shape index (κ1) is 16.7. The first-order valence-electron chi connectivity index (χ1n) is 9.01. The molecule has 0 atom stereocenters. The summed E-state index contributed by atoms with van der Waals surface area (Å²) in [6.45, 7) is 4.12. The topological polar surface area (TPSA) is 93.0 Å². The van der Waals surface area contributed by atoms with E-state index in [1.807, 2.05) is 15.6 Å². The molecule has 1 aliphatic heterocycles. The molecule has 1 aliphatic carbocycles. The van der Waals surface area contributed by atoms with Gasteiger partial charge in [0.05, 0.1) is 42.3 Å². The van der Waals surface area contributed by atoms with Crippen LogP contribution in [0.4, 0.5) is 0 Å². The average molecular weight is 354 g/mol. The highest BCUT2D eigenvalue weighted by Crippen LogP contribution is 2.29. The van der Waals surface area contributed by atoms with Gasteiger partial charge in [-0.1, -0.05) is 6.42 Å². The Morgan fingerprint density at radius 3 is 2.88 bits per heavy atom. The molecule has 1 saturated carbocycles. The predicted molar refractivity (Wildman–Crippen MR) is 92.9 cm³/mol. The number of aromatic nitrogens is 4. The van der Waals surface area contributed by atoms with Gasteiger partial charge in [0.1, 0.15) is 6.33 Å². The summed E-state index contributed by atoms with van der Waals surface area (Å²) in [6.07, 6.45) is 6.15. The lowest BCUT2D eigenvalue weighted by molar-refractivity contribution is -0.139. The second-order valence-electron chi connectivity index (χ2n) is 6.94. The van der Waals surface area contributed by atoms with Gasteiger partial charge >= 0.3 is 0 Å². The molecule has 8 nitrogen and oxygen atoms in total. The number of nitrogens with one attached hydrogen (secondary N) is 1. The molecule has 2 aliphatic rings. The number of rotatable bonds is 4. The van der Waals surface area contributed by atoms with Crippen LogP contribution in [0.25, 0.3) is 0 Å². The van der Waals surface area contributed by atoms with Crippen molar-refractivity contribution in [3.05, 3.63) is 41.2 Å². The highest BCUT2D eigenvalue weighted by molar-refractivity contribution is 5.94. The minimum Gasteiger partial charge on any atom is -0.346 e. The SMILES string of the molecule is Cc1ncncc1C(=O)NCc1cc2n(n1)CCN(C(=O)C1CCC1)C2. The number of hydrogen-bond acceptors (Lipinski definition) is 5. The molecule has 1 fully saturated rings. The maximum atomic E-state index is 12.4. The van der Waals surface area contributed by atoms with E-state index in [0.29, 0.717) is 37.4 Å². The Balaban J connectivity index is 1.38. The lowest BCUT2D eigenvalue weighted by Gasteiger charge is -2.34. The molecule has 0 unspecified atom stereocenters. The van der Waals surface area contributed by atoms with Gasteiger partial charge in [-0.3, -0.25) is 14.3 Å². The molecule has 2 aromatic rings. The van der Waals surface area contributed by atoms with Crippen LogP contribution in [0.1, 0.15) is 46.7 Å². The fourth-order valence-corrected chi connectivity index (χ4v) is 3.39. The molecule has 8 heteroatoms. The smallest absolute Gasteiger partial charge is 0.255 e. The highest BCUT2D eigenvalue weighted by atomic mass is 16.2.